The Hall–Kier alpha value is -2.33. The summed E-state index contributed by atoms with van der Waals surface area (Å²) in [6.07, 6.45) is -1.32. The molecule has 0 spiro atoms. The molecule has 3 aliphatic rings. The summed E-state index contributed by atoms with van der Waals surface area (Å²) in [5.74, 6) is -4.11. The predicted molar refractivity (Wildman–Crippen MR) is 104 cm³/mol. The monoisotopic (exact) mass is 440 g/mol. The summed E-state index contributed by atoms with van der Waals surface area (Å²) in [6, 6.07) is 1.30. The van der Waals surface area contributed by atoms with Crippen molar-refractivity contribution in [2.45, 2.75) is 55.8 Å². The topological polar surface area (TPSA) is 84.3 Å². The van der Waals surface area contributed by atoms with Crippen LogP contribution in [0.2, 0.25) is 0 Å². The van der Waals surface area contributed by atoms with Gasteiger partial charge in [0, 0.05) is 27.8 Å². The zero-order chi connectivity index (χ0) is 21.4. The molecule has 2 aromatic heterocycles. The summed E-state index contributed by atoms with van der Waals surface area (Å²) in [4.78, 5) is 28.1. The van der Waals surface area contributed by atoms with Crippen LogP contribution in [0.1, 0.15) is 52.6 Å². The molecule has 10 heteroatoms. The summed E-state index contributed by atoms with van der Waals surface area (Å²) >= 11 is 1.15. The average molecular weight is 440 g/mol. The van der Waals surface area contributed by atoms with Gasteiger partial charge in [-0.3, -0.25) is 14.3 Å². The van der Waals surface area contributed by atoms with Gasteiger partial charge in [-0.05, 0) is 31.4 Å². The zero-order valence-corrected chi connectivity index (χ0v) is 16.8. The number of fused-ring (bicyclic) bond motifs is 2. The van der Waals surface area contributed by atoms with E-state index >= 15 is 4.39 Å². The fraction of sp³-hybridized carbons (Fsp3) is 0.500. The van der Waals surface area contributed by atoms with Gasteiger partial charge in [0.2, 0.25) is 0 Å². The number of aromatic amines is 1. The largest absolute Gasteiger partial charge is 0.498 e. The lowest BCUT2D eigenvalue weighted by Crippen LogP contribution is -2.57. The molecule has 1 saturated carbocycles. The van der Waals surface area contributed by atoms with Crippen LogP contribution < -0.4 is 21.8 Å². The van der Waals surface area contributed by atoms with Crippen LogP contribution in [-0.2, 0) is 11.2 Å². The Morgan fingerprint density at radius 2 is 2.07 bits per heavy atom. The normalized spacial score (nSPS) is 27.2. The number of methoxy groups -OCH3 is 1. The third kappa shape index (κ3) is 2.80. The molecule has 0 saturated heterocycles. The van der Waals surface area contributed by atoms with Gasteiger partial charge in [-0.25, -0.2) is 18.0 Å². The van der Waals surface area contributed by atoms with E-state index in [0.717, 1.165) is 30.3 Å². The minimum Gasteiger partial charge on any atom is -0.498 e. The second kappa shape index (κ2) is 6.58. The number of nitrogens with one attached hydrogen (secondary N) is 1. The third-order valence-electron chi connectivity index (χ3n) is 6.02. The number of aromatic nitrogens is 2. The number of aliphatic hydroxyl groups excluding tert-OH is 1. The molecule has 0 aromatic carbocycles. The van der Waals surface area contributed by atoms with Crippen LogP contribution in [0.25, 0.3) is 11.8 Å². The van der Waals surface area contributed by atoms with Gasteiger partial charge in [-0.2, -0.15) is 0 Å². The molecule has 3 unspecified atom stereocenters. The first-order valence-corrected chi connectivity index (χ1v) is 10.5. The number of thiophene rings is 1. The van der Waals surface area contributed by atoms with Gasteiger partial charge in [-0.1, -0.05) is 0 Å². The molecule has 2 N–H and O–H groups in total. The molecule has 160 valence electrons. The Kier molecular flexibility index (Phi) is 4.31. The Balaban J connectivity index is 1.75. The van der Waals surface area contributed by atoms with Gasteiger partial charge in [0.1, 0.15) is 18.0 Å². The molecular formula is C20H19F3N2O4S. The third-order valence-corrected chi connectivity index (χ3v) is 7.31. The van der Waals surface area contributed by atoms with Crippen molar-refractivity contribution in [3.8, 4) is 0 Å². The van der Waals surface area contributed by atoms with Crippen LogP contribution in [0.5, 0.6) is 0 Å². The van der Waals surface area contributed by atoms with Crippen molar-refractivity contribution in [3.63, 3.8) is 0 Å². The lowest BCUT2D eigenvalue weighted by Gasteiger charge is -2.27. The van der Waals surface area contributed by atoms with Gasteiger partial charge in [0.15, 0.2) is 0 Å². The van der Waals surface area contributed by atoms with Crippen LogP contribution in [-0.4, -0.2) is 33.9 Å². The van der Waals surface area contributed by atoms with E-state index in [-0.39, 0.29) is 34.4 Å². The number of hydrogen-bond donors (Lipinski definition) is 2. The number of nitrogens with zero attached hydrogens (tertiary/aromatic N) is 1. The molecule has 0 amide bonds. The van der Waals surface area contributed by atoms with E-state index in [1.807, 2.05) is 0 Å². The van der Waals surface area contributed by atoms with Crippen molar-refractivity contribution >= 4 is 23.2 Å². The summed E-state index contributed by atoms with van der Waals surface area (Å²) in [5, 5.41) is 10.3. The molecule has 3 aliphatic carbocycles. The molecule has 1 fully saturated rings. The van der Waals surface area contributed by atoms with E-state index in [0.29, 0.717) is 9.75 Å². The quantitative estimate of drug-likeness (QED) is 0.752. The van der Waals surface area contributed by atoms with Crippen molar-refractivity contribution in [2.75, 3.05) is 7.11 Å². The Morgan fingerprint density at radius 1 is 1.33 bits per heavy atom. The molecular weight excluding hydrogens is 421 g/mol. The number of aliphatic hydroxyl groups is 1. The number of aryl methyl sites for hydroxylation is 1. The highest BCUT2D eigenvalue weighted by molar-refractivity contribution is 7.12. The average Bonchev–Trinajstić information content (AvgIpc) is 3.43. The molecule has 0 bridgehead atoms. The Morgan fingerprint density at radius 3 is 2.73 bits per heavy atom. The van der Waals surface area contributed by atoms with Gasteiger partial charge < -0.3 is 9.84 Å². The highest BCUT2D eigenvalue weighted by Crippen LogP contribution is 2.47. The lowest BCUT2D eigenvalue weighted by atomic mass is 9.89. The number of alkyl halides is 3. The second-order valence-electron chi connectivity index (χ2n) is 7.97. The van der Waals surface area contributed by atoms with E-state index < -0.39 is 41.8 Å². The van der Waals surface area contributed by atoms with E-state index in [9.17, 15) is 23.5 Å². The van der Waals surface area contributed by atoms with Crippen LogP contribution in [0.4, 0.5) is 13.2 Å². The Labute approximate surface area is 171 Å². The lowest BCUT2D eigenvalue weighted by molar-refractivity contribution is -0.121. The maximum Gasteiger partial charge on any atom is 0.329 e. The number of hydrogen-bond acceptors (Lipinski definition) is 5. The van der Waals surface area contributed by atoms with Crippen molar-refractivity contribution in [1.29, 1.82) is 0 Å². The van der Waals surface area contributed by atoms with E-state index in [4.69, 9.17) is 4.74 Å². The second-order valence-corrected chi connectivity index (χ2v) is 9.14. The first-order valence-electron chi connectivity index (χ1n) is 9.70. The van der Waals surface area contributed by atoms with Gasteiger partial charge in [-0.15, -0.1) is 11.3 Å². The fourth-order valence-corrected chi connectivity index (χ4v) is 5.72. The summed E-state index contributed by atoms with van der Waals surface area (Å²) in [5.41, 5.74) is -1.17. The van der Waals surface area contributed by atoms with Crippen molar-refractivity contribution in [2.24, 2.45) is 0 Å². The van der Waals surface area contributed by atoms with E-state index in [1.165, 1.54) is 17.7 Å². The molecule has 6 nitrogen and oxygen atoms in total. The minimum absolute atomic E-state index is 0.0370. The van der Waals surface area contributed by atoms with Crippen LogP contribution in [0.15, 0.2) is 15.7 Å². The highest BCUT2D eigenvalue weighted by atomic mass is 32.1. The number of H-pyrrole nitrogens is 1. The fourth-order valence-electron chi connectivity index (χ4n) is 4.40. The van der Waals surface area contributed by atoms with Crippen LogP contribution in [0.3, 0.4) is 0 Å². The predicted octanol–water partition coefficient (Wildman–Crippen LogP) is 1.22. The van der Waals surface area contributed by atoms with Crippen molar-refractivity contribution in [3.05, 3.63) is 52.8 Å². The Bertz CT molecular complexity index is 1270. The smallest absolute Gasteiger partial charge is 0.329 e. The summed E-state index contributed by atoms with van der Waals surface area (Å²) in [6.45, 7) is 0. The van der Waals surface area contributed by atoms with E-state index in [2.05, 4.69) is 4.98 Å². The maximum atomic E-state index is 15.3. The van der Waals surface area contributed by atoms with Gasteiger partial charge in [0.05, 0.1) is 23.6 Å². The van der Waals surface area contributed by atoms with Crippen molar-refractivity contribution in [1.82, 2.24) is 9.55 Å². The molecule has 0 radical (unpaired) electrons. The van der Waals surface area contributed by atoms with Gasteiger partial charge >= 0.3 is 5.69 Å². The standard InChI is InChI=1S/C20H19F3N2O4S/c1-29-16-14(13-7-9-12(30-13)4-5-20(22,23)17(9)26)11(21)6-10-15(16)25(8-2-3-8)19(28)24-18(10)27/h6-8,11,14,17,26H,2-5H2,1H3,(H,24,27,28). The number of halogens is 3. The zero-order valence-electron chi connectivity index (χ0n) is 16.0. The van der Waals surface area contributed by atoms with Crippen LogP contribution in [0, 0.1) is 0 Å². The van der Waals surface area contributed by atoms with Gasteiger partial charge in [0.25, 0.3) is 11.5 Å². The van der Waals surface area contributed by atoms with Crippen molar-refractivity contribution < 1.29 is 23.0 Å². The van der Waals surface area contributed by atoms with E-state index in [1.54, 1.807) is 0 Å². The SMILES string of the molecule is COC1=c2c(c(=O)[nH]c(=O)n2C2CC2)=CC(F)C1c1cc2c(s1)CCC(F)(F)C2O. The van der Waals surface area contributed by atoms with Crippen LogP contribution >= 0.6 is 11.3 Å². The minimum atomic E-state index is -3.24. The number of ether oxygens (including phenoxy) is 1. The first kappa shape index (κ1) is 19.6. The first-order chi connectivity index (χ1) is 14.2. The highest BCUT2D eigenvalue weighted by Gasteiger charge is 2.45. The number of rotatable bonds is 3. The molecule has 2 heterocycles. The summed E-state index contributed by atoms with van der Waals surface area (Å²) < 4.78 is 50.1. The molecule has 0 aliphatic heterocycles. The molecule has 3 atom stereocenters. The molecule has 30 heavy (non-hydrogen) atoms. The summed E-state index contributed by atoms with van der Waals surface area (Å²) in [7, 11) is 1.34. The molecule has 5 rings (SSSR count). The molecule has 2 aromatic rings. The maximum absolute atomic E-state index is 15.3.